The van der Waals surface area contributed by atoms with Crippen molar-refractivity contribution in [2.24, 2.45) is 0 Å². The van der Waals surface area contributed by atoms with Crippen LogP contribution in [0.3, 0.4) is 0 Å². The molecular formula is C9H7BrOS. The van der Waals surface area contributed by atoms with Crippen molar-refractivity contribution in [2.45, 2.75) is 6.61 Å². The minimum Gasteiger partial charge on any atom is -0.392 e. The number of halogens is 1. The van der Waals surface area contributed by atoms with Crippen LogP contribution in [0.25, 0.3) is 10.1 Å². The average molecular weight is 243 g/mol. The molecule has 0 saturated carbocycles. The van der Waals surface area contributed by atoms with E-state index in [0.29, 0.717) is 0 Å². The topological polar surface area (TPSA) is 20.2 Å². The van der Waals surface area contributed by atoms with E-state index in [2.05, 4.69) is 15.9 Å². The molecule has 0 unspecified atom stereocenters. The molecule has 0 aliphatic rings. The first kappa shape index (κ1) is 8.23. The Morgan fingerprint density at radius 1 is 1.42 bits per heavy atom. The maximum atomic E-state index is 9.01. The van der Waals surface area contributed by atoms with Gasteiger partial charge in [0, 0.05) is 9.17 Å². The van der Waals surface area contributed by atoms with Crippen LogP contribution in [0, 0.1) is 0 Å². The number of hydrogen-bond donors (Lipinski definition) is 1. The van der Waals surface area contributed by atoms with Crippen LogP contribution < -0.4 is 0 Å². The molecule has 0 spiro atoms. The lowest BCUT2D eigenvalue weighted by Gasteiger charge is -1.94. The zero-order valence-corrected chi connectivity index (χ0v) is 8.65. The Balaban J connectivity index is 2.80. The van der Waals surface area contributed by atoms with Gasteiger partial charge in [0.1, 0.15) is 0 Å². The zero-order valence-electron chi connectivity index (χ0n) is 6.25. The molecule has 0 atom stereocenters. The lowest BCUT2D eigenvalue weighted by atomic mass is 10.2. The van der Waals surface area contributed by atoms with Crippen molar-refractivity contribution in [2.75, 3.05) is 0 Å². The number of hydrogen-bond acceptors (Lipinski definition) is 2. The van der Waals surface area contributed by atoms with E-state index in [1.807, 2.05) is 23.6 Å². The summed E-state index contributed by atoms with van der Waals surface area (Å²) in [5.74, 6) is 0. The van der Waals surface area contributed by atoms with Crippen LogP contribution in [0.2, 0.25) is 0 Å². The second-order valence-electron chi connectivity index (χ2n) is 2.54. The molecule has 12 heavy (non-hydrogen) atoms. The van der Waals surface area contributed by atoms with E-state index in [4.69, 9.17) is 5.11 Å². The molecule has 0 amide bonds. The summed E-state index contributed by atoms with van der Waals surface area (Å²) >= 11 is 5.13. The Morgan fingerprint density at radius 3 is 3.00 bits per heavy atom. The molecule has 1 nitrogen and oxygen atoms in total. The van der Waals surface area contributed by atoms with Crippen molar-refractivity contribution < 1.29 is 5.11 Å². The number of thiophene rings is 1. The van der Waals surface area contributed by atoms with Gasteiger partial charge in [-0.05, 0) is 38.3 Å². The van der Waals surface area contributed by atoms with Gasteiger partial charge in [0.25, 0.3) is 0 Å². The molecule has 0 aliphatic carbocycles. The lowest BCUT2D eigenvalue weighted by Crippen LogP contribution is -1.77. The van der Waals surface area contributed by atoms with Crippen molar-refractivity contribution >= 4 is 37.4 Å². The second-order valence-corrected chi connectivity index (χ2v) is 4.27. The first-order chi connectivity index (χ1) is 5.83. The fourth-order valence-corrected chi connectivity index (χ4v) is 2.81. The molecule has 0 bridgehead atoms. The summed E-state index contributed by atoms with van der Waals surface area (Å²) in [5.41, 5.74) is 1.01. The highest BCUT2D eigenvalue weighted by Gasteiger charge is 2.04. The van der Waals surface area contributed by atoms with Crippen LogP contribution in [0.1, 0.15) is 5.56 Å². The quantitative estimate of drug-likeness (QED) is 0.815. The molecule has 0 saturated heterocycles. The smallest absolute Gasteiger partial charge is 0.0696 e. The average Bonchev–Trinajstić information content (AvgIpc) is 2.49. The van der Waals surface area contributed by atoms with E-state index >= 15 is 0 Å². The van der Waals surface area contributed by atoms with Crippen molar-refractivity contribution in [1.82, 2.24) is 0 Å². The van der Waals surface area contributed by atoms with Gasteiger partial charge in [-0.15, -0.1) is 11.3 Å². The van der Waals surface area contributed by atoms with E-state index in [9.17, 15) is 0 Å². The fraction of sp³-hybridized carbons (Fsp3) is 0.111. The summed E-state index contributed by atoms with van der Waals surface area (Å²) in [6.45, 7) is 0.121. The summed E-state index contributed by atoms with van der Waals surface area (Å²) in [6, 6.07) is 6.03. The largest absolute Gasteiger partial charge is 0.392 e. The summed E-state index contributed by atoms with van der Waals surface area (Å²) in [4.78, 5) is 0. The van der Waals surface area contributed by atoms with E-state index < -0.39 is 0 Å². The SMILES string of the molecule is OCc1csc2c(Br)cccc12. The predicted molar refractivity (Wildman–Crippen MR) is 55.4 cm³/mol. The summed E-state index contributed by atoms with van der Waals surface area (Å²) in [7, 11) is 0. The molecule has 2 aromatic rings. The van der Waals surface area contributed by atoms with Crippen molar-refractivity contribution in [3.63, 3.8) is 0 Å². The normalized spacial score (nSPS) is 10.8. The van der Waals surface area contributed by atoms with Gasteiger partial charge in [-0.3, -0.25) is 0 Å². The molecule has 0 fully saturated rings. The number of rotatable bonds is 1. The monoisotopic (exact) mass is 242 g/mol. The van der Waals surface area contributed by atoms with E-state index in [1.54, 1.807) is 11.3 Å². The second kappa shape index (κ2) is 3.17. The molecular weight excluding hydrogens is 236 g/mol. The van der Waals surface area contributed by atoms with Crippen LogP contribution in [-0.2, 0) is 6.61 Å². The standard InChI is InChI=1S/C9H7BrOS/c10-8-3-1-2-7-6(4-11)5-12-9(7)8/h1-3,5,11H,4H2. The highest BCUT2D eigenvalue weighted by molar-refractivity contribution is 9.10. The van der Waals surface area contributed by atoms with Gasteiger partial charge in [0.05, 0.1) is 6.61 Å². The Kier molecular flexibility index (Phi) is 2.17. The molecule has 1 aromatic heterocycles. The van der Waals surface area contributed by atoms with E-state index in [0.717, 1.165) is 15.4 Å². The van der Waals surface area contributed by atoms with E-state index in [-0.39, 0.29) is 6.61 Å². The molecule has 3 heteroatoms. The molecule has 1 heterocycles. The van der Waals surface area contributed by atoms with Crippen molar-refractivity contribution in [1.29, 1.82) is 0 Å². The maximum absolute atomic E-state index is 9.01. The summed E-state index contributed by atoms with van der Waals surface area (Å²) in [6.07, 6.45) is 0. The van der Waals surface area contributed by atoms with Gasteiger partial charge in [0.2, 0.25) is 0 Å². The summed E-state index contributed by atoms with van der Waals surface area (Å²) < 4.78 is 2.31. The predicted octanol–water partition coefficient (Wildman–Crippen LogP) is 3.16. The Labute approximate surface area is 82.8 Å². The van der Waals surface area contributed by atoms with Gasteiger partial charge in [-0.2, -0.15) is 0 Å². The minimum absolute atomic E-state index is 0.121. The highest BCUT2D eigenvalue weighted by Crippen LogP contribution is 2.31. The van der Waals surface area contributed by atoms with Crippen molar-refractivity contribution in [3.05, 3.63) is 33.6 Å². The van der Waals surface area contributed by atoms with Crippen LogP contribution in [0.4, 0.5) is 0 Å². The molecule has 2 rings (SSSR count). The summed E-state index contributed by atoms with van der Waals surface area (Å²) in [5, 5.41) is 12.2. The molecule has 0 radical (unpaired) electrons. The van der Waals surface area contributed by atoms with Crippen molar-refractivity contribution in [3.8, 4) is 0 Å². The molecule has 0 aliphatic heterocycles. The third-order valence-electron chi connectivity index (χ3n) is 1.80. The lowest BCUT2D eigenvalue weighted by molar-refractivity contribution is 0.284. The number of fused-ring (bicyclic) bond motifs is 1. The van der Waals surface area contributed by atoms with Crippen LogP contribution >= 0.6 is 27.3 Å². The maximum Gasteiger partial charge on any atom is 0.0696 e. The van der Waals surface area contributed by atoms with Gasteiger partial charge < -0.3 is 5.11 Å². The minimum atomic E-state index is 0.121. The number of aliphatic hydroxyl groups is 1. The first-order valence-corrected chi connectivity index (χ1v) is 5.25. The third kappa shape index (κ3) is 1.18. The highest BCUT2D eigenvalue weighted by atomic mass is 79.9. The Hall–Kier alpha value is -0.380. The molecule has 1 N–H and O–H groups in total. The van der Waals surface area contributed by atoms with Crippen LogP contribution in [0.5, 0.6) is 0 Å². The van der Waals surface area contributed by atoms with Crippen LogP contribution in [0.15, 0.2) is 28.1 Å². The third-order valence-corrected chi connectivity index (χ3v) is 3.80. The van der Waals surface area contributed by atoms with Crippen LogP contribution in [-0.4, -0.2) is 5.11 Å². The molecule has 62 valence electrons. The fourth-order valence-electron chi connectivity index (χ4n) is 1.20. The van der Waals surface area contributed by atoms with Gasteiger partial charge >= 0.3 is 0 Å². The number of aliphatic hydroxyl groups excluding tert-OH is 1. The number of benzene rings is 1. The Morgan fingerprint density at radius 2 is 2.25 bits per heavy atom. The first-order valence-electron chi connectivity index (χ1n) is 3.58. The van der Waals surface area contributed by atoms with E-state index in [1.165, 1.54) is 4.70 Å². The zero-order chi connectivity index (χ0) is 8.55. The Bertz CT molecular complexity index is 408. The van der Waals surface area contributed by atoms with Gasteiger partial charge in [-0.1, -0.05) is 12.1 Å². The van der Waals surface area contributed by atoms with Gasteiger partial charge in [0.15, 0.2) is 0 Å². The molecule has 1 aromatic carbocycles. The van der Waals surface area contributed by atoms with Gasteiger partial charge in [-0.25, -0.2) is 0 Å².